The lowest BCUT2D eigenvalue weighted by molar-refractivity contribution is 0.321. The zero-order valence-electron chi connectivity index (χ0n) is 16.1. The van der Waals surface area contributed by atoms with Gasteiger partial charge in [0.15, 0.2) is 0 Å². The standard InChI is InChI=1S/C24H23FN4/c25-20-6-3-5-17(12-20)19-8-9-21(27-14-19)10-11-23-22-7-2-1-4-18(22)13-24(23)29-16-26-15-28-29/h1-3,5-6,8-12,14-16,18,22-24H,4,7,13H2/t18-,22-,23+,24+/m1/s1. The van der Waals surface area contributed by atoms with E-state index in [2.05, 4.69) is 39.4 Å². The Morgan fingerprint density at radius 2 is 2.00 bits per heavy atom. The Hall–Kier alpha value is -3.08. The van der Waals surface area contributed by atoms with Gasteiger partial charge in [-0.2, -0.15) is 5.10 Å². The molecule has 146 valence electrons. The summed E-state index contributed by atoms with van der Waals surface area (Å²) in [6, 6.07) is 10.9. The zero-order valence-corrected chi connectivity index (χ0v) is 16.1. The third kappa shape index (κ3) is 3.65. The van der Waals surface area contributed by atoms with Gasteiger partial charge in [-0.15, -0.1) is 0 Å². The number of allylic oxidation sites excluding steroid dienone is 3. The first kappa shape index (κ1) is 18.0. The average molecular weight is 386 g/mol. The van der Waals surface area contributed by atoms with E-state index < -0.39 is 0 Å². The van der Waals surface area contributed by atoms with Crippen molar-refractivity contribution in [1.82, 2.24) is 19.7 Å². The Morgan fingerprint density at radius 3 is 2.79 bits per heavy atom. The minimum absolute atomic E-state index is 0.233. The number of halogens is 1. The van der Waals surface area contributed by atoms with Gasteiger partial charge < -0.3 is 0 Å². The minimum Gasteiger partial charge on any atom is -0.256 e. The van der Waals surface area contributed by atoms with Gasteiger partial charge in [0, 0.05) is 17.7 Å². The summed E-state index contributed by atoms with van der Waals surface area (Å²) in [4.78, 5) is 8.73. The van der Waals surface area contributed by atoms with E-state index in [4.69, 9.17) is 0 Å². The number of benzene rings is 1. The number of hydrogen-bond donors (Lipinski definition) is 0. The summed E-state index contributed by atoms with van der Waals surface area (Å²) in [5.41, 5.74) is 2.67. The highest BCUT2D eigenvalue weighted by molar-refractivity contribution is 5.63. The van der Waals surface area contributed by atoms with Crippen LogP contribution in [0.2, 0.25) is 0 Å². The van der Waals surface area contributed by atoms with Crippen molar-refractivity contribution in [3.05, 3.63) is 85.0 Å². The second-order valence-electron chi connectivity index (χ2n) is 7.96. The van der Waals surface area contributed by atoms with Crippen molar-refractivity contribution in [1.29, 1.82) is 0 Å². The average Bonchev–Trinajstić information content (AvgIpc) is 3.40. The van der Waals surface area contributed by atoms with Crippen molar-refractivity contribution in [3.63, 3.8) is 0 Å². The van der Waals surface area contributed by atoms with Crippen LogP contribution in [0.1, 0.15) is 31.0 Å². The maximum atomic E-state index is 13.5. The molecule has 0 unspecified atom stereocenters. The van der Waals surface area contributed by atoms with E-state index in [-0.39, 0.29) is 5.82 Å². The summed E-state index contributed by atoms with van der Waals surface area (Å²) >= 11 is 0. The van der Waals surface area contributed by atoms with Crippen LogP contribution >= 0.6 is 0 Å². The van der Waals surface area contributed by atoms with Crippen LogP contribution in [0.3, 0.4) is 0 Å². The van der Waals surface area contributed by atoms with E-state index in [9.17, 15) is 4.39 Å². The molecule has 0 N–H and O–H groups in total. The lowest BCUT2D eigenvalue weighted by Crippen LogP contribution is -2.19. The number of hydrogen-bond acceptors (Lipinski definition) is 3. The normalized spacial score (nSPS) is 26.1. The maximum Gasteiger partial charge on any atom is 0.137 e. The maximum absolute atomic E-state index is 13.5. The van der Waals surface area contributed by atoms with Crippen LogP contribution in [0.25, 0.3) is 17.2 Å². The van der Waals surface area contributed by atoms with Gasteiger partial charge in [0.25, 0.3) is 0 Å². The van der Waals surface area contributed by atoms with E-state index >= 15 is 0 Å². The fraction of sp³-hybridized carbons (Fsp3) is 0.292. The van der Waals surface area contributed by atoms with E-state index in [1.54, 1.807) is 12.4 Å². The zero-order chi connectivity index (χ0) is 19.6. The molecule has 0 spiro atoms. The topological polar surface area (TPSA) is 43.6 Å². The number of fused-ring (bicyclic) bond motifs is 1. The summed E-state index contributed by atoms with van der Waals surface area (Å²) < 4.78 is 15.5. The van der Waals surface area contributed by atoms with E-state index in [0.29, 0.717) is 23.8 Å². The number of aromatic nitrogens is 4. The highest BCUT2D eigenvalue weighted by Crippen LogP contribution is 2.50. The van der Waals surface area contributed by atoms with Crippen molar-refractivity contribution >= 4 is 6.08 Å². The molecule has 0 saturated heterocycles. The van der Waals surface area contributed by atoms with Crippen molar-refractivity contribution in [3.8, 4) is 11.1 Å². The monoisotopic (exact) mass is 386 g/mol. The van der Waals surface area contributed by atoms with Crippen LogP contribution < -0.4 is 0 Å². The first-order chi connectivity index (χ1) is 14.3. The molecule has 1 saturated carbocycles. The fourth-order valence-electron chi connectivity index (χ4n) is 4.88. The Morgan fingerprint density at radius 1 is 1.07 bits per heavy atom. The number of pyridine rings is 1. The van der Waals surface area contributed by atoms with Gasteiger partial charge in [-0.05, 0) is 60.9 Å². The molecule has 2 aromatic heterocycles. The molecular weight excluding hydrogens is 363 g/mol. The molecule has 2 aliphatic rings. The molecule has 5 rings (SSSR count). The van der Waals surface area contributed by atoms with Crippen molar-refractivity contribution in [2.75, 3.05) is 0 Å². The summed E-state index contributed by atoms with van der Waals surface area (Å²) in [7, 11) is 0. The third-order valence-electron chi connectivity index (χ3n) is 6.31. The molecule has 0 radical (unpaired) electrons. The quantitative estimate of drug-likeness (QED) is 0.569. The lowest BCUT2D eigenvalue weighted by atomic mass is 9.81. The first-order valence-corrected chi connectivity index (χ1v) is 10.2. The molecule has 0 aliphatic heterocycles. The predicted molar refractivity (Wildman–Crippen MR) is 111 cm³/mol. The molecule has 2 aliphatic carbocycles. The Kier molecular flexibility index (Phi) is 4.80. The van der Waals surface area contributed by atoms with Gasteiger partial charge in [-0.25, -0.2) is 14.1 Å². The van der Waals surface area contributed by atoms with Gasteiger partial charge >= 0.3 is 0 Å². The summed E-state index contributed by atoms with van der Waals surface area (Å²) in [5.74, 6) is 1.52. The smallest absolute Gasteiger partial charge is 0.137 e. The van der Waals surface area contributed by atoms with E-state index in [1.165, 1.54) is 12.1 Å². The Labute approximate surface area is 169 Å². The molecule has 1 fully saturated rings. The SMILES string of the molecule is Fc1cccc(-c2ccc(C=C[C@H]3[C@@H]4CC=CC[C@@H]4C[C@@H]3n3cncn3)nc2)c1. The minimum atomic E-state index is -0.233. The predicted octanol–water partition coefficient (Wildman–Crippen LogP) is 5.34. The van der Waals surface area contributed by atoms with Gasteiger partial charge in [0.05, 0.1) is 11.7 Å². The second kappa shape index (κ2) is 7.74. The van der Waals surface area contributed by atoms with Crippen LogP contribution in [-0.2, 0) is 0 Å². The van der Waals surface area contributed by atoms with Crippen LogP contribution in [0.15, 0.2) is 73.5 Å². The molecule has 0 bridgehead atoms. The molecule has 5 heteroatoms. The van der Waals surface area contributed by atoms with Crippen LogP contribution in [0, 0.1) is 23.6 Å². The Bertz CT molecular complexity index is 1020. The van der Waals surface area contributed by atoms with Crippen molar-refractivity contribution in [2.24, 2.45) is 17.8 Å². The van der Waals surface area contributed by atoms with Crippen LogP contribution in [-0.4, -0.2) is 19.7 Å². The number of rotatable bonds is 4. The third-order valence-corrected chi connectivity index (χ3v) is 6.31. The first-order valence-electron chi connectivity index (χ1n) is 10.2. The summed E-state index contributed by atoms with van der Waals surface area (Å²) in [6.45, 7) is 0. The van der Waals surface area contributed by atoms with Crippen LogP contribution in [0.5, 0.6) is 0 Å². The second-order valence-corrected chi connectivity index (χ2v) is 7.96. The molecule has 1 aromatic carbocycles. The summed E-state index contributed by atoms with van der Waals surface area (Å²) in [5, 5.41) is 4.42. The lowest BCUT2D eigenvalue weighted by Gasteiger charge is -2.25. The highest BCUT2D eigenvalue weighted by Gasteiger charge is 2.42. The molecule has 4 atom stereocenters. The molecule has 3 aromatic rings. The van der Waals surface area contributed by atoms with Gasteiger partial charge in [0.1, 0.15) is 18.5 Å². The molecule has 2 heterocycles. The molecule has 29 heavy (non-hydrogen) atoms. The van der Waals surface area contributed by atoms with Gasteiger partial charge in [-0.3, -0.25) is 4.98 Å². The molecule has 0 amide bonds. The van der Waals surface area contributed by atoms with E-state index in [1.807, 2.05) is 35.4 Å². The highest BCUT2D eigenvalue weighted by atomic mass is 19.1. The van der Waals surface area contributed by atoms with E-state index in [0.717, 1.165) is 36.1 Å². The van der Waals surface area contributed by atoms with Crippen molar-refractivity contribution in [2.45, 2.75) is 25.3 Å². The Balaban J connectivity index is 1.38. The van der Waals surface area contributed by atoms with Crippen molar-refractivity contribution < 1.29 is 4.39 Å². The van der Waals surface area contributed by atoms with Gasteiger partial charge in [-0.1, -0.05) is 36.4 Å². The largest absolute Gasteiger partial charge is 0.256 e. The van der Waals surface area contributed by atoms with Crippen LogP contribution in [0.4, 0.5) is 4.39 Å². The molecule has 4 nitrogen and oxygen atoms in total. The molecular formula is C24H23FN4. The number of nitrogens with zero attached hydrogens (tertiary/aromatic N) is 4. The summed E-state index contributed by atoms with van der Waals surface area (Å²) in [6.07, 6.45) is 17.7. The fourth-order valence-corrected chi connectivity index (χ4v) is 4.88. The van der Waals surface area contributed by atoms with Gasteiger partial charge in [0.2, 0.25) is 0 Å².